The number of carbonyl (C=O) groups excluding carboxylic acids is 3. The second-order valence-electron chi connectivity index (χ2n) is 10.1. The minimum Gasteiger partial charge on any atom is -0.459 e. The molecule has 0 aromatic heterocycles. The van der Waals surface area contributed by atoms with Gasteiger partial charge in [0, 0.05) is 11.1 Å². The summed E-state index contributed by atoms with van der Waals surface area (Å²) < 4.78 is 22.8. The maximum absolute atomic E-state index is 13.3. The molecular weight excluding hydrogens is 384 g/mol. The van der Waals surface area contributed by atoms with Gasteiger partial charge in [-0.05, 0) is 24.7 Å². The van der Waals surface area contributed by atoms with Crippen molar-refractivity contribution in [2.24, 2.45) is 22.2 Å². The van der Waals surface area contributed by atoms with Gasteiger partial charge in [0.15, 0.2) is 12.2 Å². The first-order chi connectivity index (χ1) is 13.5. The van der Waals surface area contributed by atoms with E-state index in [-0.39, 0.29) is 17.1 Å². The summed E-state index contributed by atoms with van der Waals surface area (Å²) in [6.07, 6.45) is -5.81. The summed E-state index contributed by atoms with van der Waals surface area (Å²) in [5.41, 5.74) is -4.76. The Labute approximate surface area is 165 Å². The van der Waals surface area contributed by atoms with E-state index in [1.165, 1.54) is 6.92 Å². The third-order valence-electron chi connectivity index (χ3n) is 8.35. The third-order valence-corrected chi connectivity index (χ3v) is 8.35. The molecule has 0 unspecified atom stereocenters. The fourth-order valence-corrected chi connectivity index (χ4v) is 7.64. The standard InChI is InChI=1S/C20H22O9/c1-6-9-10(27-13(6)23)11(21)19-8-5-7(17(2,3)4)18(19)12(22)14(24)28-16(18)29-20(9,19)15(25)26-8/h7-8,10-12,16,21-22H,5H2,1-4H3/t7-,8+,10+,11-,12-,16-,18+,19+,20+/m0/s1. The summed E-state index contributed by atoms with van der Waals surface area (Å²) in [5.74, 6) is -2.59. The molecule has 29 heavy (non-hydrogen) atoms. The molecule has 6 rings (SSSR count). The van der Waals surface area contributed by atoms with Gasteiger partial charge < -0.3 is 29.2 Å². The van der Waals surface area contributed by atoms with E-state index in [0.29, 0.717) is 6.42 Å². The number of aliphatic hydroxyl groups is 2. The number of hydrogen-bond acceptors (Lipinski definition) is 9. The highest BCUT2D eigenvalue weighted by molar-refractivity contribution is 6.00. The van der Waals surface area contributed by atoms with Crippen molar-refractivity contribution in [1.29, 1.82) is 0 Å². The SMILES string of the molecule is CC1=C2[C@@H](OC1=O)[C@H](O)[C@]13[C@H]4C[C@@H](C(C)(C)C)[C@@]15[C@@H](OC(=O)[C@@H]5O)O[C@@]23C(=O)O4. The average Bonchev–Trinajstić information content (AvgIpc) is 3.34. The van der Waals surface area contributed by atoms with Crippen LogP contribution in [0.25, 0.3) is 0 Å². The lowest BCUT2D eigenvalue weighted by Gasteiger charge is -2.47. The molecule has 2 aliphatic carbocycles. The molecule has 4 aliphatic heterocycles. The summed E-state index contributed by atoms with van der Waals surface area (Å²) in [6, 6.07) is 0. The molecule has 4 heterocycles. The molecule has 0 bridgehead atoms. The molecule has 3 saturated heterocycles. The van der Waals surface area contributed by atoms with E-state index in [1.54, 1.807) is 0 Å². The Kier molecular flexibility index (Phi) is 2.79. The Morgan fingerprint density at radius 2 is 1.76 bits per heavy atom. The molecule has 156 valence electrons. The highest BCUT2D eigenvalue weighted by Gasteiger charge is 2.99. The first kappa shape index (κ1) is 17.9. The molecule has 5 fully saturated rings. The lowest BCUT2D eigenvalue weighted by molar-refractivity contribution is -0.193. The predicted molar refractivity (Wildman–Crippen MR) is 90.6 cm³/mol. The maximum atomic E-state index is 13.3. The van der Waals surface area contributed by atoms with Crippen LogP contribution in [0.1, 0.15) is 34.1 Å². The number of ether oxygens (including phenoxy) is 4. The van der Waals surface area contributed by atoms with E-state index in [2.05, 4.69) is 0 Å². The van der Waals surface area contributed by atoms with Crippen LogP contribution in [0.4, 0.5) is 0 Å². The number of carbonyl (C=O) groups is 3. The Hall–Kier alpha value is -1.97. The van der Waals surface area contributed by atoms with Gasteiger partial charge in [-0.2, -0.15) is 0 Å². The molecule has 0 aromatic carbocycles. The van der Waals surface area contributed by atoms with Crippen LogP contribution in [0.2, 0.25) is 0 Å². The fraction of sp³-hybridized carbons (Fsp3) is 0.750. The monoisotopic (exact) mass is 406 g/mol. The van der Waals surface area contributed by atoms with Gasteiger partial charge in [0.05, 0.1) is 10.8 Å². The summed E-state index contributed by atoms with van der Waals surface area (Å²) >= 11 is 0. The van der Waals surface area contributed by atoms with Gasteiger partial charge in [0.1, 0.15) is 12.2 Å². The summed E-state index contributed by atoms with van der Waals surface area (Å²) in [4.78, 5) is 38.0. The Morgan fingerprint density at radius 1 is 1.07 bits per heavy atom. The van der Waals surface area contributed by atoms with Gasteiger partial charge in [-0.15, -0.1) is 0 Å². The molecule has 9 heteroatoms. The number of hydrogen-bond donors (Lipinski definition) is 2. The molecule has 2 N–H and O–H groups in total. The van der Waals surface area contributed by atoms with Crippen LogP contribution in [-0.4, -0.2) is 64.4 Å². The highest BCUT2D eigenvalue weighted by Crippen LogP contribution is 2.83. The highest BCUT2D eigenvalue weighted by atomic mass is 16.7. The first-order valence-electron chi connectivity index (χ1n) is 9.85. The summed E-state index contributed by atoms with van der Waals surface area (Å²) in [7, 11) is 0. The smallest absolute Gasteiger partial charge is 0.344 e. The zero-order valence-corrected chi connectivity index (χ0v) is 16.4. The van der Waals surface area contributed by atoms with E-state index in [4.69, 9.17) is 18.9 Å². The van der Waals surface area contributed by atoms with Crippen LogP contribution in [0.15, 0.2) is 11.1 Å². The zero-order valence-electron chi connectivity index (χ0n) is 16.4. The quantitative estimate of drug-likeness (QED) is 0.407. The fourth-order valence-electron chi connectivity index (χ4n) is 7.64. The minimum atomic E-state index is -1.83. The number of fused-ring (bicyclic) bond motifs is 1. The molecule has 0 radical (unpaired) electrons. The minimum absolute atomic E-state index is 0.179. The van der Waals surface area contributed by atoms with Gasteiger partial charge in [-0.1, -0.05) is 20.8 Å². The van der Waals surface area contributed by atoms with E-state index >= 15 is 0 Å². The second-order valence-corrected chi connectivity index (χ2v) is 10.1. The van der Waals surface area contributed by atoms with E-state index in [1.807, 2.05) is 20.8 Å². The zero-order chi connectivity index (χ0) is 20.9. The van der Waals surface area contributed by atoms with Crippen molar-refractivity contribution >= 4 is 17.9 Å². The second kappa shape index (κ2) is 4.53. The van der Waals surface area contributed by atoms with Crippen molar-refractivity contribution in [3.8, 4) is 0 Å². The van der Waals surface area contributed by atoms with Crippen LogP contribution < -0.4 is 0 Å². The van der Waals surface area contributed by atoms with Crippen LogP contribution in [-0.2, 0) is 33.3 Å². The third kappa shape index (κ3) is 1.36. The van der Waals surface area contributed by atoms with Crippen LogP contribution in [0.5, 0.6) is 0 Å². The number of esters is 3. The maximum Gasteiger partial charge on any atom is 0.344 e. The van der Waals surface area contributed by atoms with Crippen molar-refractivity contribution in [3.63, 3.8) is 0 Å². The average molecular weight is 406 g/mol. The van der Waals surface area contributed by atoms with Gasteiger partial charge in [0.25, 0.3) is 0 Å². The van der Waals surface area contributed by atoms with Crippen LogP contribution >= 0.6 is 0 Å². The van der Waals surface area contributed by atoms with Gasteiger partial charge in [-0.25, -0.2) is 14.4 Å². The molecule has 9 atom stereocenters. The summed E-state index contributed by atoms with van der Waals surface area (Å²) in [5, 5.41) is 22.8. The first-order valence-corrected chi connectivity index (χ1v) is 9.85. The largest absolute Gasteiger partial charge is 0.459 e. The van der Waals surface area contributed by atoms with Crippen molar-refractivity contribution < 1.29 is 43.5 Å². The van der Waals surface area contributed by atoms with Crippen molar-refractivity contribution in [2.45, 2.75) is 70.4 Å². The Balaban J connectivity index is 1.73. The molecular formula is C20H22O9. The lowest BCUT2D eigenvalue weighted by Crippen LogP contribution is -2.62. The van der Waals surface area contributed by atoms with Crippen LogP contribution in [0, 0.1) is 22.2 Å². The van der Waals surface area contributed by atoms with Crippen molar-refractivity contribution in [1.82, 2.24) is 0 Å². The van der Waals surface area contributed by atoms with E-state index < -0.39 is 70.5 Å². The van der Waals surface area contributed by atoms with Crippen molar-refractivity contribution in [3.05, 3.63) is 11.1 Å². The van der Waals surface area contributed by atoms with Gasteiger partial charge >= 0.3 is 17.9 Å². The molecule has 2 saturated carbocycles. The summed E-state index contributed by atoms with van der Waals surface area (Å²) in [6.45, 7) is 7.41. The molecule has 6 aliphatic rings. The number of aliphatic hydroxyl groups excluding tert-OH is 2. The predicted octanol–water partition coefficient (Wildman–Crippen LogP) is -0.420. The Bertz CT molecular complexity index is 946. The molecule has 9 nitrogen and oxygen atoms in total. The van der Waals surface area contributed by atoms with Gasteiger partial charge in [-0.3, -0.25) is 0 Å². The molecule has 2 spiro atoms. The normalized spacial score (nSPS) is 54.2. The van der Waals surface area contributed by atoms with Gasteiger partial charge in [0.2, 0.25) is 11.9 Å². The molecule has 0 amide bonds. The van der Waals surface area contributed by atoms with E-state index in [0.717, 1.165) is 0 Å². The molecule has 0 aromatic rings. The van der Waals surface area contributed by atoms with E-state index in [9.17, 15) is 24.6 Å². The Morgan fingerprint density at radius 3 is 2.41 bits per heavy atom. The van der Waals surface area contributed by atoms with Crippen molar-refractivity contribution in [2.75, 3.05) is 0 Å². The topological polar surface area (TPSA) is 129 Å². The van der Waals surface area contributed by atoms with Crippen LogP contribution in [0.3, 0.4) is 0 Å². The lowest BCUT2D eigenvalue weighted by atomic mass is 9.51. The number of rotatable bonds is 0.